The first kappa shape index (κ1) is 16.6. The topological polar surface area (TPSA) is 40.5 Å². The first-order valence-electron chi connectivity index (χ1n) is 7.43. The highest BCUT2D eigenvalue weighted by molar-refractivity contribution is 5.77. The molecule has 0 aliphatic carbocycles. The fraction of sp³-hybridized carbons (Fsp3) is 0.471. The molecule has 0 spiro atoms. The highest BCUT2D eigenvalue weighted by Gasteiger charge is 2.37. The second-order valence-corrected chi connectivity index (χ2v) is 5.98. The molecular formula is C17H21F2NO2. The molecule has 3 nitrogen and oxygen atoms in total. The van der Waals surface area contributed by atoms with Crippen LogP contribution in [-0.2, 0) is 11.2 Å². The van der Waals surface area contributed by atoms with Gasteiger partial charge in [-0.3, -0.25) is 4.79 Å². The summed E-state index contributed by atoms with van der Waals surface area (Å²) in [6.45, 7) is 4.44. The van der Waals surface area contributed by atoms with E-state index in [-0.39, 0.29) is 25.4 Å². The zero-order valence-electron chi connectivity index (χ0n) is 12.5. The third-order valence-corrected chi connectivity index (χ3v) is 4.25. The van der Waals surface area contributed by atoms with Gasteiger partial charge in [0.05, 0.1) is 6.61 Å². The second-order valence-electron chi connectivity index (χ2n) is 5.98. The maximum absolute atomic E-state index is 13.9. The predicted molar refractivity (Wildman–Crippen MR) is 80.2 cm³/mol. The number of hydrogen-bond donors (Lipinski definition) is 1. The lowest BCUT2D eigenvalue weighted by Crippen LogP contribution is -2.48. The molecule has 0 bridgehead atoms. The number of benzene rings is 1. The van der Waals surface area contributed by atoms with Crippen molar-refractivity contribution in [1.29, 1.82) is 0 Å². The molecule has 1 aromatic carbocycles. The average Bonchev–Trinajstić information content (AvgIpc) is 2.51. The molecule has 0 unspecified atom stereocenters. The molecule has 22 heavy (non-hydrogen) atoms. The van der Waals surface area contributed by atoms with Crippen LogP contribution in [0.25, 0.3) is 0 Å². The Morgan fingerprint density at radius 3 is 2.86 bits per heavy atom. The summed E-state index contributed by atoms with van der Waals surface area (Å²) >= 11 is 0. The van der Waals surface area contributed by atoms with Crippen LogP contribution in [0.5, 0.6) is 0 Å². The van der Waals surface area contributed by atoms with Gasteiger partial charge in [0.2, 0.25) is 5.91 Å². The Bertz CT molecular complexity index is 562. The lowest BCUT2D eigenvalue weighted by atomic mass is 9.75. The number of carbonyl (C=O) groups excluding carboxylic acids is 1. The van der Waals surface area contributed by atoms with Crippen LogP contribution in [0.15, 0.2) is 30.9 Å². The van der Waals surface area contributed by atoms with Crippen LogP contribution in [0.3, 0.4) is 0 Å². The zero-order valence-corrected chi connectivity index (χ0v) is 12.5. The van der Waals surface area contributed by atoms with Crippen LogP contribution in [0, 0.1) is 17.0 Å². The largest absolute Gasteiger partial charge is 0.396 e. The lowest BCUT2D eigenvalue weighted by Gasteiger charge is -2.42. The van der Waals surface area contributed by atoms with Crippen molar-refractivity contribution in [3.63, 3.8) is 0 Å². The van der Waals surface area contributed by atoms with E-state index in [1.807, 2.05) is 0 Å². The number of halogens is 2. The molecule has 0 saturated carbocycles. The molecule has 5 heteroatoms. The van der Waals surface area contributed by atoms with Crippen LogP contribution in [-0.4, -0.2) is 35.6 Å². The van der Waals surface area contributed by atoms with Crippen LogP contribution in [0.2, 0.25) is 0 Å². The highest BCUT2D eigenvalue weighted by Crippen LogP contribution is 2.34. The molecule has 1 heterocycles. The number of piperidine rings is 1. The summed E-state index contributed by atoms with van der Waals surface area (Å²) in [6.07, 6.45) is 3.56. The molecule has 1 amide bonds. The van der Waals surface area contributed by atoms with E-state index in [0.29, 0.717) is 25.1 Å². The summed E-state index contributed by atoms with van der Waals surface area (Å²) in [6, 6.07) is 3.48. The monoisotopic (exact) mass is 309 g/mol. The van der Waals surface area contributed by atoms with Crippen LogP contribution in [0.1, 0.15) is 24.8 Å². The van der Waals surface area contributed by atoms with Crippen molar-refractivity contribution in [3.05, 3.63) is 48.1 Å². The first-order valence-corrected chi connectivity index (χ1v) is 7.43. The SMILES string of the molecule is C=CCC(=O)N1CCC[C@@](CO)(Cc2ccc(F)cc2F)C1. The minimum absolute atomic E-state index is 0.0351. The Balaban J connectivity index is 2.17. The molecule has 1 saturated heterocycles. The average molecular weight is 309 g/mol. The van der Waals surface area contributed by atoms with Crippen molar-refractivity contribution in [1.82, 2.24) is 4.90 Å². The van der Waals surface area contributed by atoms with Gasteiger partial charge in [0.1, 0.15) is 11.6 Å². The van der Waals surface area contributed by atoms with E-state index < -0.39 is 17.0 Å². The molecule has 1 atom stereocenters. The number of amides is 1. The molecule has 0 aromatic heterocycles. The number of carbonyl (C=O) groups is 1. The van der Waals surface area contributed by atoms with Crippen molar-refractivity contribution in [2.75, 3.05) is 19.7 Å². The van der Waals surface area contributed by atoms with Gasteiger partial charge in [0, 0.05) is 31.0 Å². The number of aliphatic hydroxyl groups is 1. The Morgan fingerprint density at radius 2 is 2.23 bits per heavy atom. The highest BCUT2D eigenvalue weighted by atomic mass is 19.1. The summed E-state index contributed by atoms with van der Waals surface area (Å²) in [7, 11) is 0. The number of likely N-dealkylation sites (tertiary alicyclic amines) is 1. The van der Waals surface area contributed by atoms with Crippen molar-refractivity contribution in [3.8, 4) is 0 Å². The quantitative estimate of drug-likeness (QED) is 0.850. The van der Waals surface area contributed by atoms with Gasteiger partial charge in [-0.15, -0.1) is 6.58 Å². The van der Waals surface area contributed by atoms with E-state index in [2.05, 4.69) is 6.58 Å². The molecule has 2 rings (SSSR count). The minimum Gasteiger partial charge on any atom is -0.396 e. The molecule has 1 fully saturated rings. The summed E-state index contributed by atoms with van der Waals surface area (Å²) in [5.41, 5.74) is -0.207. The molecule has 120 valence electrons. The smallest absolute Gasteiger partial charge is 0.226 e. The summed E-state index contributed by atoms with van der Waals surface area (Å²) < 4.78 is 26.9. The molecule has 1 aromatic rings. The van der Waals surface area contributed by atoms with Gasteiger partial charge < -0.3 is 10.0 Å². The fourth-order valence-corrected chi connectivity index (χ4v) is 3.07. The predicted octanol–water partition coefficient (Wildman–Crippen LogP) is 2.68. The summed E-state index contributed by atoms with van der Waals surface area (Å²) in [5.74, 6) is -1.26. The van der Waals surface area contributed by atoms with Gasteiger partial charge in [-0.25, -0.2) is 8.78 Å². The van der Waals surface area contributed by atoms with E-state index >= 15 is 0 Å². The number of aliphatic hydroxyl groups excluding tert-OH is 1. The third-order valence-electron chi connectivity index (χ3n) is 4.25. The molecule has 1 N–H and O–H groups in total. The van der Waals surface area contributed by atoms with Crippen LogP contribution < -0.4 is 0 Å². The molecule has 1 aliphatic heterocycles. The van der Waals surface area contributed by atoms with Gasteiger partial charge in [0.15, 0.2) is 0 Å². The first-order chi connectivity index (χ1) is 10.5. The Labute approximate surface area is 129 Å². The summed E-state index contributed by atoms with van der Waals surface area (Å²) in [5, 5.41) is 9.82. The van der Waals surface area contributed by atoms with E-state index in [9.17, 15) is 18.7 Å². The minimum atomic E-state index is -0.620. The van der Waals surface area contributed by atoms with Crippen molar-refractivity contribution < 1.29 is 18.7 Å². The standard InChI is InChI=1S/C17H21F2NO2/c1-2-4-16(22)20-8-3-7-17(11-20,12-21)10-13-5-6-14(18)9-15(13)19/h2,5-6,9,21H,1,3-4,7-8,10-12H2/t17-/m1/s1. The number of nitrogens with zero attached hydrogens (tertiary/aromatic N) is 1. The Morgan fingerprint density at radius 1 is 1.45 bits per heavy atom. The molecule has 1 aliphatic rings. The molecular weight excluding hydrogens is 288 g/mol. The van der Waals surface area contributed by atoms with E-state index in [1.165, 1.54) is 12.1 Å². The number of rotatable bonds is 5. The van der Waals surface area contributed by atoms with Crippen molar-refractivity contribution in [2.45, 2.75) is 25.7 Å². The Hall–Kier alpha value is -1.75. The van der Waals surface area contributed by atoms with Gasteiger partial charge >= 0.3 is 0 Å². The maximum Gasteiger partial charge on any atom is 0.226 e. The van der Waals surface area contributed by atoms with Gasteiger partial charge in [-0.05, 0) is 30.9 Å². The van der Waals surface area contributed by atoms with Gasteiger partial charge in [0.25, 0.3) is 0 Å². The number of hydrogen-bond acceptors (Lipinski definition) is 2. The third kappa shape index (κ3) is 3.71. The van der Waals surface area contributed by atoms with Gasteiger partial charge in [-0.2, -0.15) is 0 Å². The molecule has 0 radical (unpaired) electrons. The lowest BCUT2D eigenvalue weighted by molar-refractivity contribution is -0.134. The van der Waals surface area contributed by atoms with Crippen molar-refractivity contribution in [2.24, 2.45) is 5.41 Å². The fourth-order valence-electron chi connectivity index (χ4n) is 3.07. The Kier molecular flexibility index (Phi) is 5.29. The maximum atomic E-state index is 13.9. The van der Waals surface area contributed by atoms with E-state index in [1.54, 1.807) is 11.0 Å². The normalized spacial score (nSPS) is 21.7. The van der Waals surface area contributed by atoms with Crippen molar-refractivity contribution >= 4 is 5.91 Å². The second kappa shape index (κ2) is 7.01. The van der Waals surface area contributed by atoms with Gasteiger partial charge in [-0.1, -0.05) is 12.1 Å². The summed E-state index contributed by atoms with van der Waals surface area (Å²) in [4.78, 5) is 13.7. The van der Waals surface area contributed by atoms with Crippen LogP contribution >= 0.6 is 0 Å². The zero-order chi connectivity index (χ0) is 16.2. The van der Waals surface area contributed by atoms with E-state index in [4.69, 9.17) is 0 Å². The van der Waals surface area contributed by atoms with E-state index in [0.717, 1.165) is 12.5 Å². The van der Waals surface area contributed by atoms with Crippen LogP contribution in [0.4, 0.5) is 8.78 Å².